The van der Waals surface area contributed by atoms with Crippen molar-refractivity contribution in [3.63, 3.8) is 0 Å². The molecule has 1 aromatic rings. The number of hydrogen-bond donors (Lipinski definition) is 3. The Balaban J connectivity index is 2.19. The van der Waals surface area contributed by atoms with E-state index in [4.69, 9.17) is 5.73 Å². The topological polar surface area (TPSA) is 76.4 Å². The number of alkyl halides is 2. The molecule has 4 N–H and O–H groups in total. The molecule has 0 aliphatic rings. The van der Waals surface area contributed by atoms with Gasteiger partial charge in [0.15, 0.2) is 0 Å². The van der Waals surface area contributed by atoms with Gasteiger partial charge in [-0.25, -0.2) is 13.6 Å². The molecule has 0 saturated heterocycles. The predicted octanol–water partition coefficient (Wildman–Crippen LogP) is 1.55. The summed E-state index contributed by atoms with van der Waals surface area (Å²) >= 11 is 0. The Kier molecular flexibility index (Phi) is 6.76. The highest BCUT2D eigenvalue weighted by Gasteiger charge is 2.03. The molecule has 2 amide bonds. The van der Waals surface area contributed by atoms with Crippen molar-refractivity contribution >= 4 is 11.7 Å². The van der Waals surface area contributed by atoms with E-state index >= 15 is 0 Å². The smallest absolute Gasteiger partial charge is 0.319 e. The molecule has 0 radical (unpaired) electrons. The van der Waals surface area contributed by atoms with E-state index < -0.39 is 19.1 Å². The second-order valence-corrected chi connectivity index (χ2v) is 3.75. The van der Waals surface area contributed by atoms with Crippen molar-refractivity contribution < 1.29 is 18.3 Å². The van der Waals surface area contributed by atoms with E-state index in [2.05, 4.69) is 15.4 Å². The van der Waals surface area contributed by atoms with Crippen molar-refractivity contribution in [3.8, 4) is 0 Å². The molecule has 5 nitrogen and oxygen atoms in total. The Labute approximate surface area is 110 Å². The van der Waals surface area contributed by atoms with Crippen LogP contribution in [0.5, 0.6) is 0 Å². The molecule has 19 heavy (non-hydrogen) atoms. The summed E-state index contributed by atoms with van der Waals surface area (Å²) in [5.74, 6) is 0. The molecular formula is C12H17F2N3O2. The zero-order valence-electron chi connectivity index (χ0n) is 10.4. The van der Waals surface area contributed by atoms with E-state index in [1.54, 1.807) is 24.3 Å². The lowest BCUT2D eigenvalue weighted by Crippen LogP contribution is -2.31. The van der Waals surface area contributed by atoms with Gasteiger partial charge in [0.05, 0.1) is 6.61 Å². The molecule has 7 heteroatoms. The van der Waals surface area contributed by atoms with E-state index in [0.29, 0.717) is 12.2 Å². The average molecular weight is 273 g/mol. The van der Waals surface area contributed by atoms with Crippen LogP contribution in [-0.2, 0) is 11.3 Å². The largest absolute Gasteiger partial charge is 0.374 e. The van der Waals surface area contributed by atoms with E-state index in [1.807, 2.05) is 0 Å². The zero-order chi connectivity index (χ0) is 14.1. The summed E-state index contributed by atoms with van der Waals surface area (Å²) in [6.07, 6.45) is -2.49. The number of halogens is 2. The fraction of sp³-hybridized carbons (Fsp3) is 0.417. The molecular weight excluding hydrogens is 256 g/mol. The summed E-state index contributed by atoms with van der Waals surface area (Å²) in [5.41, 5.74) is 7.04. The van der Waals surface area contributed by atoms with E-state index in [0.717, 1.165) is 5.56 Å². The van der Waals surface area contributed by atoms with Gasteiger partial charge in [-0.1, -0.05) is 12.1 Å². The third-order valence-electron chi connectivity index (χ3n) is 2.22. The van der Waals surface area contributed by atoms with Crippen molar-refractivity contribution in [2.75, 3.05) is 25.1 Å². The third kappa shape index (κ3) is 6.68. The van der Waals surface area contributed by atoms with Crippen LogP contribution in [0.4, 0.5) is 19.3 Å². The molecule has 0 unspecified atom stereocenters. The van der Waals surface area contributed by atoms with Gasteiger partial charge in [0.25, 0.3) is 6.43 Å². The first-order chi connectivity index (χ1) is 9.11. The number of urea groups is 1. The normalized spacial score (nSPS) is 10.5. The van der Waals surface area contributed by atoms with Gasteiger partial charge < -0.3 is 21.1 Å². The van der Waals surface area contributed by atoms with Gasteiger partial charge in [0.2, 0.25) is 0 Å². The lowest BCUT2D eigenvalue weighted by atomic mass is 10.2. The lowest BCUT2D eigenvalue weighted by Gasteiger charge is -2.08. The number of carbonyl (C=O) groups is 1. The molecule has 0 aromatic heterocycles. The highest BCUT2D eigenvalue weighted by molar-refractivity contribution is 5.89. The molecule has 106 valence electrons. The summed E-state index contributed by atoms with van der Waals surface area (Å²) in [7, 11) is 0. The highest BCUT2D eigenvalue weighted by atomic mass is 19.3. The molecule has 0 aliphatic heterocycles. The van der Waals surface area contributed by atoms with Gasteiger partial charge in [-0.05, 0) is 17.7 Å². The highest BCUT2D eigenvalue weighted by Crippen LogP contribution is 2.08. The molecule has 1 aromatic carbocycles. The van der Waals surface area contributed by atoms with Crippen LogP contribution in [0.15, 0.2) is 24.3 Å². The molecule has 0 aliphatic carbocycles. The summed E-state index contributed by atoms with van der Waals surface area (Å²) < 4.78 is 28.1. The Morgan fingerprint density at radius 2 is 2.00 bits per heavy atom. The van der Waals surface area contributed by atoms with Crippen LogP contribution in [0.3, 0.4) is 0 Å². The fourth-order valence-corrected chi connectivity index (χ4v) is 1.31. The second-order valence-electron chi connectivity index (χ2n) is 3.75. The Morgan fingerprint density at radius 3 is 2.58 bits per heavy atom. The average Bonchev–Trinajstić information content (AvgIpc) is 2.39. The van der Waals surface area contributed by atoms with E-state index in [-0.39, 0.29) is 13.2 Å². The van der Waals surface area contributed by atoms with Gasteiger partial charge in [0, 0.05) is 18.8 Å². The number of ether oxygens (including phenoxy) is 1. The van der Waals surface area contributed by atoms with Gasteiger partial charge in [-0.3, -0.25) is 0 Å². The van der Waals surface area contributed by atoms with Crippen molar-refractivity contribution in [3.05, 3.63) is 29.8 Å². The maximum atomic E-state index is 11.7. The monoisotopic (exact) mass is 273 g/mol. The quantitative estimate of drug-likeness (QED) is 0.660. The number of anilines is 1. The van der Waals surface area contributed by atoms with Crippen LogP contribution in [0, 0.1) is 0 Å². The number of hydrogen-bond acceptors (Lipinski definition) is 3. The van der Waals surface area contributed by atoms with Crippen molar-refractivity contribution in [1.29, 1.82) is 0 Å². The van der Waals surface area contributed by atoms with Crippen LogP contribution in [0.2, 0.25) is 0 Å². The molecule has 0 spiro atoms. The maximum Gasteiger partial charge on any atom is 0.319 e. The van der Waals surface area contributed by atoms with Gasteiger partial charge in [-0.15, -0.1) is 0 Å². The number of carbonyl (C=O) groups excluding carboxylic acids is 1. The minimum Gasteiger partial charge on any atom is -0.374 e. The minimum atomic E-state index is -2.49. The predicted molar refractivity (Wildman–Crippen MR) is 68.2 cm³/mol. The molecule has 0 heterocycles. The number of benzene rings is 1. The van der Waals surface area contributed by atoms with Gasteiger partial charge in [0.1, 0.15) is 6.61 Å². The van der Waals surface area contributed by atoms with Crippen LogP contribution in [0.1, 0.15) is 5.56 Å². The van der Waals surface area contributed by atoms with Crippen molar-refractivity contribution in [2.24, 2.45) is 5.73 Å². The molecule has 1 rings (SSSR count). The van der Waals surface area contributed by atoms with Crippen LogP contribution in [0.25, 0.3) is 0 Å². The van der Waals surface area contributed by atoms with Crippen LogP contribution >= 0.6 is 0 Å². The summed E-state index contributed by atoms with van der Waals surface area (Å²) in [5, 5.41) is 5.09. The number of nitrogens with two attached hydrogens (primary N) is 1. The Bertz CT molecular complexity index is 385. The summed E-state index contributed by atoms with van der Waals surface area (Å²) in [6, 6.07) is 6.66. The van der Waals surface area contributed by atoms with Crippen LogP contribution < -0.4 is 16.4 Å². The molecule has 0 fully saturated rings. The van der Waals surface area contributed by atoms with E-state index in [1.165, 1.54) is 0 Å². The third-order valence-corrected chi connectivity index (χ3v) is 2.22. The molecule has 0 saturated carbocycles. The lowest BCUT2D eigenvalue weighted by molar-refractivity contribution is 0.0194. The number of amides is 2. The van der Waals surface area contributed by atoms with Crippen LogP contribution in [-0.4, -0.2) is 32.2 Å². The number of nitrogens with one attached hydrogen (secondary N) is 2. The Morgan fingerprint density at radius 1 is 1.32 bits per heavy atom. The number of rotatable bonds is 7. The minimum absolute atomic E-state index is 0.0455. The van der Waals surface area contributed by atoms with Gasteiger partial charge in [-0.2, -0.15) is 0 Å². The standard InChI is InChI=1S/C12H17F2N3O2/c13-11(14)8-19-6-5-16-12(18)17-10-3-1-9(7-15)2-4-10/h1-4,11H,5-8,15H2,(H2,16,17,18). The summed E-state index contributed by atoms with van der Waals surface area (Å²) in [6.45, 7) is 0.0289. The first kappa shape index (κ1) is 15.3. The molecule has 0 atom stereocenters. The zero-order valence-corrected chi connectivity index (χ0v) is 10.4. The SMILES string of the molecule is NCc1ccc(NC(=O)NCCOCC(F)F)cc1. The van der Waals surface area contributed by atoms with Crippen molar-refractivity contribution in [1.82, 2.24) is 5.32 Å². The first-order valence-corrected chi connectivity index (χ1v) is 5.81. The fourth-order valence-electron chi connectivity index (χ4n) is 1.31. The summed E-state index contributed by atoms with van der Waals surface area (Å²) in [4.78, 5) is 11.4. The van der Waals surface area contributed by atoms with Gasteiger partial charge >= 0.3 is 6.03 Å². The second kappa shape index (κ2) is 8.39. The maximum absolute atomic E-state index is 11.7. The van der Waals surface area contributed by atoms with E-state index in [9.17, 15) is 13.6 Å². The molecule has 0 bridgehead atoms. The Hall–Kier alpha value is -1.73. The first-order valence-electron chi connectivity index (χ1n) is 5.81. The van der Waals surface area contributed by atoms with Crippen molar-refractivity contribution in [2.45, 2.75) is 13.0 Å².